The van der Waals surface area contributed by atoms with Crippen LogP contribution in [0.15, 0.2) is 61.2 Å². The SMILES string of the molecule is C=CCN1C2CC1CN(C(c1ccc(C(=O)N3CCCCC3)cc1)c1cccc(OC)c1)C2. The number of nitrogens with zero attached hydrogens (tertiary/aromatic N) is 3. The van der Waals surface area contributed by atoms with Crippen LogP contribution in [0, 0.1) is 0 Å². The molecule has 6 rings (SSSR count). The van der Waals surface area contributed by atoms with E-state index in [1.54, 1.807) is 7.11 Å². The molecule has 33 heavy (non-hydrogen) atoms. The maximum absolute atomic E-state index is 13.0. The van der Waals surface area contributed by atoms with Crippen molar-refractivity contribution in [1.29, 1.82) is 0 Å². The van der Waals surface area contributed by atoms with Crippen LogP contribution >= 0.6 is 0 Å². The maximum atomic E-state index is 13.0. The van der Waals surface area contributed by atoms with E-state index in [0.717, 1.165) is 56.9 Å². The molecule has 4 aliphatic heterocycles. The second-order valence-electron chi connectivity index (χ2n) is 9.64. The number of piperazine rings is 1. The molecular weight excluding hydrogens is 410 g/mol. The molecule has 4 heterocycles. The molecule has 3 unspecified atom stereocenters. The number of fused-ring (bicyclic) bond motifs is 2. The molecule has 5 nitrogen and oxygen atoms in total. The Morgan fingerprint density at radius 1 is 1.06 bits per heavy atom. The van der Waals surface area contributed by atoms with Crippen LogP contribution in [0.3, 0.4) is 0 Å². The topological polar surface area (TPSA) is 36.0 Å². The lowest BCUT2D eigenvalue weighted by molar-refractivity contribution is -0.0706. The molecule has 174 valence electrons. The Kier molecular flexibility index (Phi) is 6.52. The van der Waals surface area contributed by atoms with Crippen LogP contribution < -0.4 is 4.74 Å². The van der Waals surface area contributed by atoms with E-state index in [-0.39, 0.29) is 11.9 Å². The predicted octanol–water partition coefficient (Wildman–Crippen LogP) is 4.36. The molecule has 2 bridgehead atoms. The second-order valence-corrected chi connectivity index (χ2v) is 9.64. The summed E-state index contributed by atoms with van der Waals surface area (Å²) in [5.41, 5.74) is 3.26. The van der Waals surface area contributed by atoms with Crippen molar-refractivity contribution in [2.24, 2.45) is 0 Å². The van der Waals surface area contributed by atoms with Gasteiger partial charge in [-0.1, -0.05) is 30.3 Å². The highest BCUT2D eigenvalue weighted by atomic mass is 16.5. The molecule has 0 N–H and O–H groups in total. The molecule has 0 spiro atoms. The van der Waals surface area contributed by atoms with Crippen LogP contribution in [-0.4, -0.2) is 72.5 Å². The number of hydrogen-bond acceptors (Lipinski definition) is 4. The average Bonchev–Trinajstić information content (AvgIpc) is 2.88. The van der Waals surface area contributed by atoms with E-state index in [2.05, 4.69) is 46.7 Å². The number of benzene rings is 2. The lowest BCUT2D eigenvalue weighted by Crippen LogP contribution is -2.68. The minimum Gasteiger partial charge on any atom is -0.497 e. The van der Waals surface area contributed by atoms with Gasteiger partial charge >= 0.3 is 0 Å². The zero-order valence-electron chi connectivity index (χ0n) is 19.7. The van der Waals surface area contributed by atoms with Gasteiger partial charge in [-0.3, -0.25) is 14.6 Å². The Bertz CT molecular complexity index is 971. The molecular formula is C28H35N3O2. The lowest BCUT2D eigenvalue weighted by atomic mass is 9.84. The molecule has 0 aromatic heterocycles. The first-order valence-corrected chi connectivity index (χ1v) is 12.3. The quantitative estimate of drug-likeness (QED) is 0.594. The lowest BCUT2D eigenvalue weighted by Gasteiger charge is -2.57. The number of likely N-dealkylation sites (tertiary alicyclic amines) is 1. The van der Waals surface area contributed by atoms with E-state index in [1.807, 2.05) is 29.2 Å². The highest BCUT2D eigenvalue weighted by molar-refractivity contribution is 5.94. The van der Waals surface area contributed by atoms with Crippen molar-refractivity contribution in [2.45, 2.75) is 43.8 Å². The first kappa shape index (κ1) is 22.2. The molecule has 4 aliphatic rings. The van der Waals surface area contributed by atoms with Gasteiger partial charge in [-0.15, -0.1) is 6.58 Å². The van der Waals surface area contributed by atoms with Gasteiger partial charge in [0.15, 0.2) is 0 Å². The van der Waals surface area contributed by atoms with Gasteiger partial charge in [0.25, 0.3) is 5.91 Å². The fourth-order valence-corrected chi connectivity index (χ4v) is 5.89. The number of amides is 1. The van der Waals surface area contributed by atoms with Crippen LogP contribution in [-0.2, 0) is 0 Å². The summed E-state index contributed by atoms with van der Waals surface area (Å²) in [5.74, 6) is 1.04. The van der Waals surface area contributed by atoms with Crippen LogP contribution in [0.2, 0.25) is 0 Å². The molecule has 0 radical (unpaired) electrons. The van der Waals surface area contributed by atoms with Gasteiger partial charge in [-0.2, -0.15) is 0 Å². The fourth-order valence-electron chi connectivity index (χ4n) is 5.89. The standard InChI is InChI=1S/C28H35N3O2/c1-3-14-31-24-18-25(31)20-30(19-24)27(23-8-7-9-26(17-23)33-2)21-10-12-22(13-11-21)28(32)29-15-5-4-6-16-29/h3,7-13,17,24-25,27H,1,4-6,14-16,18-20H2,2H3. The number of hydrogen-bond donors (Lipinski definition) is 0. The third kappa shape index (κ3) is 4.44. The number of ether oxygens (including phenoxy) is 1. The Morgan fingerprint density at radius 2 is 1.79 bits per heavy atom. The van der Waals surface area contributed by atoms with Crippen LogP contribution in [0.4, 0.5) is 0 Å². The molecule has 4 saturated heterocycles. The molecule has 0 saturated carbocycles. The van der Waals surface area contributed by atoms with Crippen molar-refractivity contribution >= 4 is 5.91 Å². The summed E-state index contributed by atoms with van der Waals surface area (Å²) in [5, 5.41) is 0. The first-order valence-electron chi connectivity index (χ1n) is 12.3. The van der Waals surface area contributed by atoms with Crippen molar-refractivity contribution in [2.75, 3.05) is 39.8 Å². The Hall–Kier alpha value is -2.63. The Labute approximate surface area is 197 Å². The van der Waals surface area contributed by atoms with Crippen molar-refractivity contribution in [3.63, 3.8) is 0 Å². The average molecular weight is 446 g/mol. The summed E-state index contributed by atoms with van der Waals surface area (Å²) < 4.78 is 5.54. The van der Waals surface area contributed by atoms with E-state index in [1.165, 1.54) is 24.0 Å². The molecule has 4 fully saturated rings. The third-order valence-corrected chi connectivity index (χ3v) is 7.60. The Morgan fingerprint density at radius 3 is 2.45 bits per heavy atom. The summed E-state index contributed by atoms with van der Waals surface area (Å²) in [4.78, 5) is 20.2. The van der Waals surface area contributed by atoms with E-state index < -0.39 is 0 Å². The predicted molar refractivity (Wildman–Crippen MR) is 132 cm³/mol. The zero-order chi connectivity index (χ0) is 22.8. The maximum Gasteiger partial charge on any atom is 0.253 e. The number of methoxy groups -OCH3 is 1. The van der Waals surface area contributed by atoms with Gasteiger partial charge < -0.3 is 9.64 Å². The normalized spacial score (nSPS) is 24.1. The summed E-state index contributed by atoms with van der Waals surface area (Å²) >= 11 is 0. The van der Waals surface area contributed by atoms with Gasteiger partial charge in [-0.05, 0) is 61.1 Å². The van der Waals surface area contributed by atoms with Gasteiger partial charge in [0.05, 0.1) is 13.2 Å². The van der Waals surface area contributed by atoms with E-state index >= 15 is 0 Å². The van der Waals surface area contributed by atoms with Crippen LogP contribution in [0.1, 0.15) is 53.2 Å². The molecule has 2 aromatic carbocycles. The number of carbonyl (C=O) groups excluding carboxylic acids is 1. The van der Waals surface area contributed by atoms with Gasteiger partial charge in [0.1, 0.15) is 5.75 Å². The highest BCUT2D eigenvalue weighted by Gasteiger charge is 2.45. The van der Waals surface area contributed by atoms with Gasteiger partial charge in [0, 0.05) is 50.4 Å². The van der Waals surface area contributed by atoms with Crippen molar-refractivity contribution in [3.05, 3.63) is 77.9 Å². The van der Waals surface area contributed by atoms with Gasteiger partial charge in [0.2, 0.25) is 0 Å². The number of carbonyl (C=O) groups is 1. The molecule has 1 amide bonds. The van der Waals surface area contributed by atoms with Crippen LogP contribution in [0.5, 0.6) is 5.75 Å². The zero-order valence-corrected chi connectivity index (χ0v) is 19.7. The van der Waals surface area contributed by atoms with E-state index in [0.29, 0.717) is 12.1 Å². The van der Waals surface area contributed by atoms with E-state index in [9.17, 15) is 4.79 Å². The molecule has 5 heteroatoms. The largest absolute Gasteiger partial charge is 0.497 e. The minimum absolute atomic E-state index is 0.149. The smallest absolute Gasteiger partial charge is 0.253 e. The molecule has 2 aromatic rings. The monoisotopic (exact) mass is 445 g/mol. The summed E-state index contributed by atoms with van der Waals surface area (Å²) in [6.45, 7) is 8.75. The highest BCUT2D eigenvalue weighted by Crippen LogP contribution is 2.39. The third-order valence-electron chi connectivity index (χ3n) is 7.60. The summed E-state index contributed by atoms with van der Waals surface area (Å²) in [6, 6.07) is 18.1. The molecule has 0 aliphatic carbocycles. The summed E-state index contributed by atoms with van der Waals surface area (Å²) in [7, 11) is 1.72. The molecule has 3 atom stereocenters. The summed E-state index contributed by atoms with van der Waals surface area (Å²) in [6.07, 6.45) is 6.75. The number of rotatable bonds is 7. The van der Waals surface area contributed by atoms with Crippen molar-refractivity contribution in [1.82, 2.24) is 14.7 Å². The Balaban J connectivity index is 1.41. The first-order chi connectivity index (χ1) is 16.2. The van der Waals surface area contributed by atoms with Crippen LogP contribution in [0.25, 0.3) is 0 Å². The number of piperidine rings is 2. The van der Waals surface area contributed by atoms with Crippen molar-refractivity contribution < 1.29 is 9.53 Å². The van der Waals surface area contributed by atoms with Gasteiger partial charge in [-0.25, -0.2) is 0 Å². The fraction of sp³-hybridized carbons (Fsp3) is 0.464. The minimum atomic E-state index is 0.149. The second kappa shape index (κ2) is 9.70. The van der Waals surface area contributed by atoms with E-state index in [4.69, 9.17) is 4.74 Å². The van der Waals surface area contributed by atoms with Crippen molar-refractivity contribution in [3.8, 4) is 5.75 Å².